The van der Waals surface area contributed by atoms with E-state index in [9.17, 15) is 14.0 Å². The average Bonchev–Trinajstić information content (AvgIpc) is 2.86. The fourth-order valence-corrected chi connectivity index (χ4v) is 4.29. The molecule has 1 saturated heterocycles. The van der Waals surface area contributed by atoms with E-state index in [2.05, 4.69) is 20.5 Å². The molecule has 2 heterocycles. The summed E-state index contributed by atoms with van der Waals surface area (Å²) in [5.74, 6) is -0.878. The van der Waals surface area contributed by atoms with Crippen LogP contribution in [-0.4, -0.2) is 34.8 Å². The van der Waals surface area contributed by atoms with Crippen molar-refractivity contribution in [3.05, 3.63) is 94.5 Å². The summed E-state index contributed by atoms with van der Waals surface area (Å²) in [5, 5.41) is 6.21. The number of amides is 2. The van der Waals surface area contributed by atoms with Crippen molar-refractivity contribution in [2.75, 3.05) is 18.4 Å². The zero-order valence-electron chi connectivity index (χ0n) is 18.6. The van der Waals surface area contributed by atoms with Crippen molar-refractivity contribution in [2.24, 2.45) is 5.92 Å². The van der Waals surface area contributed by atoms with Gasteiger partial charge in [0.25, 0.3) is 5.91 Å². The maximum Gasteiger partial charge on any atom is 0.253 e. The summed E-state index contributed by atoms with van der Waals surface area (Å²) >= 11 is 6.15. The number of aromatic nitrogens is 1. The third kappa shape index (κ3) is 5.98. The SMILES string of the molecule is O=C(NCc1cccnc1)c1ccccc1NC(=O)C1CCN(Cc2c(F)cccc2Cl)CC1. The van der Waals surface area contributed by atoms with Crippen LogP contribution >= 0.6 is 11.6 Å². The fraction of sp³-hybridized carbons (Fsp3) is 0.269. The fourth-order valence-electron chi connectivity index (χ4n) is 4.07. The standard InChI is InChI=1S/C26H26ClFN4O2/c27-22-7-3-8-23(28)21(22)17-32-13-10-19(11-14-32)25(33)31-24-9-2-1-6-20(24)26(34)30-16-18-5-4-12-29-15-18/h1-9,12,15,19H,10-11,13-14,16-17H2,(H,30,34)(H,31,33). The Labute approximate surface area is 203 Å². The molecular weight excluding hydrogens is 455 g/mol. The van der Waals surface area contributed by atoms with Crippen molar-refractivity contribution in [2.45, 2.75) is 25.9 Å². The van der Waals surface area contributed by atoms with E-state index in [1.807, 2.05) is 12.1 Å². The number of piperidine rings is 1. The molecule has 0 atom stereocenters. The van der Waals surface area contributed by atoms with Gasteiger partial charge in [-0.3, -0.25) is 19.5 Å². The van der Waals surface area contributed by atoms with Gasteiger partial charge in [-0.2, -0.15) is 0 Å². The molecule has 1 aliphatic rings. The molecule has 176 valence electrons. The number of hydrogen-bond donors (Lipinski definition) is 2. The number of rotatable bonds is 7. The summed E-state index contributed by atoms with van der Waals surface area (Å²) in [7, 11) is 0. The molecule has 6 nitrogen and oxygen atoms in total. The van der Waals surface area contributed by atoms with Crippen LogP contribution < -0.4 is 10.6 Å². The van der Waals surface area contributed by atoms with Crippen LogP contribution in [0.4, 0.5) is 10.1 Å². The highest BCUT2D eigenvalue weighted by Gasteiger charge is 2.26. The molecule has 3 aromatic rings. The molecule has 1 aliphatic heterocycles. The predicted molar refractivity (Wildman–Crippen MR) is 130 cm³/mol. The molecule has 0 radical (unpaired) electrons. The molecule has 0 saturated carbocycles. The second kappa shape index (κ2) is 11.2. The third-order valence-corrected chi connectivity index (χ3v) is 6.36. The Bertz CT molecular complexity index is 1130. The van der Waals surface area contributed by atoms with Gasteiger partial charge in [-0.15, -0.1) is 0 Å². The smallest absolute Gasteiger partial charge is 0.253 e. The summed E-state index contributed by atoms with van der Waals surface area (Å²) in [4.78, 5) is 31.8. The number of hydrogen-bond acceptors (Lipinski definition) is 4. The van der Waals surface area contributed by atoms with E-state index in [1.54, 1.807) is 48.8 Å². The Morgan fingerprint density at radius 2 is 1.85 bits per heavy atom. The van der Waals surface area contributed by atoms with Crippen LogP contribution in [-0.2, 0) is 17.9 Å². The van der Waals surface area contributed by atoms with E-state index in [0.717, 1.165) is 5.56 Å². The second-order valence-corrected chi connectivity index (χ2v) is 8.74. The summed E-state index contributed by atoms with van der Waals surface area (Å²) in [6.07, 6.45) is 4.66. The molecule has 2 aromatic carbocycles. The quantitative estimate of drug-likeness (QED) is 0.516. The lowest BCUT2D eigenvalue weighted by atomic mass is 9.95. The Morgan fingerprint density at radius 1 is 1.06 bits per heavy atom. The minimum Gasteiger partial charge on any atom is -0.348 e. The number of likely N-dealkylation sites (tertiary alicyclic amines) is 1. The molecule has 2 amide bonds. The van der Waals surface area contributed by atoms with Gasteiger partial charge in [0.2, 0.25) is 5.91 Å². The lowest BCUT2D eigenvalue weighted by Gasteiger charge is -2.31. The van der Waals surface area contributed by atoms with Crippen molar-refractivity contribution in [3.8, 4) is 0 Å². The summed E-state index contributed by atoms with van der Waals surface area (Å²) in [6, 6.07) is 15.3. The Hall–Kier alpha value is -3.29. The summed E-state index contributed by atoms with van der Waals surface area (Å²) in [6.45, 7) is 2.09. The Balaban J connectivity index is 1.32. The van der Waals surface area contributed by atoms with Crippen molar-refractivity contribution >= 4 is 29.1 Å². The van der Waals surface area contributed by atoms with Crippen LogP contribution in [0.1, 0.15) is 34.3 Å². The number of nitrogens with one attached hydrogen (secondary N) is 2. The average molecular weight is 481 g/mol. The first-order valence-electron chi connectivity index (χ1n) is 11.2. The van der Waals surface area contributed by atoms with E-state index in [4.69, 9.17) is 11.6 Å². The van der Waals surface area contributed by atoms with Gasteiger partial charge in [-0.25, -0.2) is 4.39 Å². The highest BCUT2D eigenvalue weighted by atomic mass is 35.5. The largest absolute Gasteiger partial charge is 0.348 e. The minimum absolute atomic E-state index is 0.115. The monoisotopic (exact) mass is 480 g/mol. The van der Waals surface area contributed by atoms with Gasteiger partial charge in [-0.1, -0.05) is 35.9 Å². The highest BCUT2D eigenvalue weighted by Crippen LogP contribution is 2.25. The molecule has 1 fully saturated rings. The normalized spacial score (nSPS) is 14.5. The molecule has 4 rings (SSSR count). The van der Waals surface area contributed by atoms with Crippen molar-refractivity contribution < 1.29 is 14.0 Å². The predicted octanol–water partition coefficient (Wildman–Crippen LogP) is 4.65. The van der Waals surface area contributed by atoms with Crippen LogP contribution in [0.15, 0.2) is 67.0 Å². The van der Waals surface area contributed by atoms with Crippen LogP contribution in [0.2, 0.25) is 5.02 Å². The summed E-state index contributed by atoms with van der Waals surface area (Å²) in [5.41, 5.74) is 2.27. The zero-order chi connectivity index (χ0) is 23.9. The second-order valence-electron chi connectivity index (χ2n) is 8.33. The van der Waals surface area contributed by atoms with Crippen molar-refractivity contribution in [3.63, 3.8) is 0 Å². The minimum atomic E-state index is -0.314. The molecule has 0 bridgehead atoms. The van der Waals surface area contributed by atoms with E-state index in [0.29, 0.717) is 60.9 Å². The first-order valence-corrected chi connectivity index (χ1v) is 11.6. The lowest BCUT2D eigenvalue weighted by molar-refractivity contribution is -0.121. The van der Waals surface area contributed by atoms with Gasteiger partial charge in [0.15, 0.2) is 0 Å². The molecule has 0 unspecified atom stereocenters. The van der Waals surface area contributed by atoms with E-state index < -0.39 is 0 Å². The number of halogens is 2. The maximum absolute atomic E-state index is 14.1. The summed E-state index contributed by atoms with van der Waals surface area (Å²) < 4.78 is 14.1. The molecule has 2 N–H and O–H groups in total. The Kier molecular flexibility index (Phi) is 7.87. The molecule has 0 spiro atoms. The van der Waals surface area contributed by atoms with Crippen LogP contribution in [0.5, 0.6) is 0 Å². The number of nitrogens with zero attached hydrogens (tertiary/aromatic N) is 2. The third-order valence-electron chi connectivity index (χ3n) is 6.01. The molecule has 8 heteroatoms. The molecule has 1 aromatic heterocycles. The van der Waals surface area contributed by atoms with E-state index >= 15 is 0 Å². The van der Waals surface area contributed by atoms with Gasteiger partial charge in [-0.05, 0) is 61.8 Å². The van der Waals surface area contributed by atoms with Gasteiger partial charge >= 0.3 is 0 Å². The van der Waals surface area contributed by atoms with Crippen LogP contribution in [0.25, 0.3) is 0 Å². The van der Waals surface area contributed by atoms with Crippen molar-refractivity contribution in [1.29, 1.82) is 0 Å². The number of benzene rings is 2. The highest BCUT2D eigenvalue weighted by molar-refractivity contribution is 6.31. The number of carbonyl (C=O) groups is 2. The van der Waals surface area contributed by atoms with E-state index in [1.165, 1.54) is 6.07 Å². The van der Waals surface area contributed by atoms with Gasteiger partial charge in [0.1, 0.15) is 5.82 Å². The molecule has 0 aliphatic carbocycles. The van der Waals surface area contributed by atoms with Gasteiger partial charge < -0.3 is 10.6 Å². The number of carbonyl (C=O) groups excluding carboxylic acids is 2. The number of para-hydroxylation sites is 1. The first-order chi connectivity index (χ1) is 16.5. The van der Waals surface area contributed by atoms with Gasteiger partial charge in [0, 0.05) is 42.0 Å². The van der Waals surface area contributed by atoms with Crippen LogP contribution in [0, 0.1) is 11.7 Å². The first kappa shape index (κ1) is 23.9. The van der Waals surface area contributed by atoms with Crippen LogP contribution in [0.3, 0.4) is 0 Å². The van der Waals surface area contributed by atoms with E-state index in [-0.39, 0.29) is 23.5 Å². The lowest BCUT2D eigenvalue weighted by Crippen LogP contribution is -2.38. The molecule has 34 heavy (non-hydrogen) atoms. The zero-order valence-corrected chi connectivity index (χ0v) is 19.4. The van der Waals surface area contributed by atoms with Gasteiger partial charge in [0.05, 0.1) is 11.3 Å². The molecular formula is C26H26ClFN4O2. The topological polar surface area (TPSA) is 74.3 Å². The van der Waals surface area contributed by atoms with Crippen molar-refractivity contribution in [1.82, 2.24) is 15.2 Å². The Morgan fingerprint density at radius 3 is 2.59 bits per heavy atom. The number of pyridine rings is 1. The maximum atomic E-state index is 14.1. The number of anilines is 1.